The van der Waals surface area contributed by atoms with Gasteiger partial charge in [0.25, 0.3) is 0 Å². The number of carbonyl (C=O) groups excluding carboxylic acids is 2. The Morgan fingerprint density at radius 3 is 3.14 bits per heavy atom. The number of carbonyl (C=O) groups is 2. The molecule has 74 valence electrons. The van der Waals surface area contributed by atoms with E-state index in [0.29, 0.717) is 12.0 Å². The highest BCUT2D eigenvalue weighted by Gasteiger charge is 2.11. The van der Waals surface area contributed by atoms with Crippen LogP contribution in [0.3, 0.4) is 0 Å². The molecule has 0 amide bonds. The molecule has 0 unspecified atom stereocenters. The molecule has 0 spiro atoms. The maximum absolute atomic E-state index is 11.1. The Morgan fingerprint density at radius 1 is 1.71 bits per heavy atom. The number of aldehydes is 1. The lowest BCUT2D eigenvalue weighted by Gasteiger charge is -1.95. The van der Waals surface area contributed by atoms with Crippen molar-refractivity contribution in [3.8, 4) is 0 Å². The van der Waals surface area contributed by atoms with Crippen LogP contribution in [0, 0.1) is 0 Å². The van der Waals surface area contributed by atoms with Crippen molar-refractivity contribution >= 4 is 18.3 Å². The van der Waals surface area contributed by atoms with Gasteiger partial charge in [0.1, 0.15) is 6.29 Å². The predicted molar refractivity (Wildman–Crippen MR) is 49.6 cm³/mol. The van der Waals surface area contributed by atoms with Gasteiger partial charge in [-0.1, -0.05) is 12.2 Å². The standard InChI is InChI=1S/C9H10N2O3/c1-14-9(13)8-7(6-10-11-8)4-2-3-5-12/h2,4-6H,3H2,1H3,(H,10,11). The molecule has 0 aliphatic heterocycles. The molecule has 0 saturated carbocycles. The first-order chi connectivity index (χ1) is 6.79. The quantitative estimate of drug-likeness (QED) is 0.568. The highest BCUT2D eigenvalue weighted by Crippen LogP contribution is 2.08. The summed E-state index contributed by atoms with van der Waals surface area (Å²) in [5.41, 5.74) is 0.897. The monoisotopic (exact) mass is 194 g/mol. The summed E-state index contributed by atoms with van der Waals surface area (Å²) < 4.78 is 4.53. The minimum Gasteiger partial charge on any atom is -0.464 e. The molecular weight excluding hydrogens is 184 g/mol. The van der Waals surface area contributed by atoms with E-state index in [4.69, 9.17) is 0 Å². The van der Waals surface area contributed by atoms with Gasteiger partial charge in [-0.15, -0.1) is 0 Å². The zero-order chi connectivity index (χ0) is 10.4. The average molecular weight is 194 g/mol. The van der Waals surface area contributed by atoms with E-state index in [1.807, 2.05) is 0 Å². The van der Waals surface area contributed by atoms with Gasteiger partial charge in [0.15, 0.2) is 5.69 Å². The molecule has 0 aliphatic rings. The van der Waals surface area contributed by atoms with E-state index in [1.165, 1.54) is 13.3 Å². The van der Waals surface area contributed by atoms with Gasteiger partial charge in [0.05, 0.1) is 13.3 Å². The first kappa shape index (κ1) is 10.2. The fourth-order valence-corrected chi connectivity index (χ4v) is 0.938. The average Bonchev–Trinajstić information content (AvgIpc) is 2.65. The number of nitrogens with zero attached hydrogens (tertiary/aromatic N) is 1. The Morgan fingerprint density at radius 2 is 2.50 bits per heavy atom. The molecule has 0 saturated heterocycles. The molecule has 5 heteroatoms. The van der Waals surface area contributed by atoms with Crippen molar-refractivity contribution in [1.29, 1.82) is 0 Å². The minimum atomic E-state index is -0.478. The molecule has 5 nitrogen and oxygen atoms in total. The lowest BCUT2D eigenvalue weighted by Crippen LogP contribution is -2.03. The molecule has 0 fully saturated rings. The van der Waals surface area contributed by atoms with Crippen LogP contribution in [-0.2, 0) is 9.53 Å². The minimum absolute atomic E-state index is 0.287. The van der Waals surface area contributed by atoms with Crippen LogP contribution in [-0.4, -0.2) is 29.6 Å². The summed E-state index contributed by atoms with van der Waals surface area (Å²) >= 11 is 0. The van der Waals surface area contributed by atoms with Crippen molar-refractivity contribution in [3.63, 3.8) is 0 Å². The second-order valence-corrected chi connectivity index (χ2v) is 2.50. The topological polar surface area (TPSA) is 72.1 Å². The van der Waals surface area contributed by atoms with Crippen LogP contribution in [0.1, 0.15) is 22.5 Å². The molecule has 1 aromatic heterocycles. The van der Waals surface area contributed by atoms with Gasteiger partial charge in [-0.3, -0.25) is 5.10 Å². The fourth-order valence-electron chi connectivity index (χ4n) is 0.938. The Hall–Kier alpha value is -1.91. The van der Waals surface area contributed by atoms with Crippen LogP contribution < -0.4 is 0 Å². The third-order valence-electron chi connectivity index (χ3n) is 1.59. The van der Waals surface area contributed by atoms with Crippen LogP contribution >= 0.6 is 0 Å². The van der Waals surface area contributed by atoms with Crippen LogP contribution in [0.5, 0.6) is 0 Å². The molecule has 14 heavy (non-hydrogen) atoms. The summed E-state index contributed by atoms with van der Waals surface area (Å²) in [6, 6.07) is 0. The Bertz CT molecular complexity index is 355. The van der Waals surface area contributed by atoms with Gasteiger partial charge in [-0.2, -0.15) is 5.10 Å². The summed E-state index contributed by atoms with van der Waals surface area (Å²) in [6.07, 6.45) is 5.86. The highest BCUT2D eigenvalue weighted by molar-refractivity contribution is 5.91. The first-order valence-corrected chi connectivity index (χ1v) is 4.01. The van der Waals surface area contributed by atoms with Gasteiger partial charge >= 0.3 is 5.97 Å². The van der Waals surface area contributed by atoms with E-state index in [0.717, 1.165) is 6.29 Å². The number of esters is 1. The SMILES string of the molecule is COC(=O)c1[nH]ncc1C=CCC=O. The number of rotatable bonds is 4. The van der Waals surface area contributed by atoms with Crippen molar-refractivity contribution < 1.29 is 14.3 Å². The maximum atomic E-state index is 11.1. The lowest BCUT2D eigenvalue weighted by molar-refractivity contribution is -0.107. The molecule has 0 bridgehead atoms. The molecule has 0 aliphatic carbocycles. The van der Waals surface area contributed by atoms with Gasteiger partial charge in [-0.05, 0) is 0 Å². The molecule has 1 aromatic rings. The number of aromatic amines is 1. The number of hydrogen-bond donors (Lipinski definition) is 1. The van der Waals surface area contributed by atoms with Crippen molar-refractivity contribution in [2.45, 2.75) is 6.42 Å². The van der Waals surface area contributed by atoms with Gasteiger partial charge < -0.3 is 9.53 Å². The predicted octanol–water partition coefficient (Wildman–Crippen LogP) is 0.798. The van der Waals surface area contributed by atoms with Crippen LogP contribution in [0.15, 0.2) is 12.3 Å². The van der Waals surface area contributed by atoms with Crippen LogP contribution in [0.4, 0.5) is 0 Å². The van der Waals surface area contributed by atoms with E-state index < -0.39 is 5.97 Å². The largest absolute Gasteiger partial charge is 0.464 e. The van der Waals surface area contributed by atoms with Crippen molar-refractivity contribution in [1.82, 2.24) is 10.2 Å². The summed E-state index contributed by atoms with van der Waals surface area (Å²) in [7, 11) is 1.29. The molecule has 1 heterocycles. The summed E-state index contributed by atoms with van der Waals surface area (Å²) in [5, 5.41) is 6.22. The molecule has 1 N–H and O–H groups in total. The molecule has 1 rings (SSSR count). The van der Waals surface area contributed by atoms with Crippen LogP contribution in [0.25, 0.3) is 6.08 Å². The zero-order valence-electron chi connectivity index (χ0n) is 7.69. The van der Waals surface area contributed by atoms with Crippen molar-refractivity contribution in [2.24, 2.45) is 0 Å². The Kier molecular flexibility index (Phi) is 3.60. The van der Waals surface area contributed by atoms with Crippen molar-refractivity contribution in [2.75, 3.05) is 7.11 Å². The van der Waals surface area contributed by atoms with Gasteiger partial charge in [-0.25, -0.2) is 4.79 Å². The molecule has 0 aromatic carbocycles. The fraction of sp³-hybridized carbons (Fsp3) is 0.222. The first-order valence-electron chi connectivity index (χ1n) is 4.01. The number of aromatic nitrogens is 2. The summed E-state index contributed by atoms with van der Waals surface area (Å²) in [6.45, 7) is 0. The maximum Gasteiger partial charge on any atom is 0.356 e. The van der Waals surface area contributed by atoms with E-state index in [2.05, 4.69) is 14.9 Å². The third kappa shape index (κ3) is 2.29. The molecule has 0 atom stereocenters. The molecule has 0 radical (unpaired) electrons. The Labute approximate surface area is 80.8 Å². The summed E-state index contributed by atoms with van der Waals surface area (Å²) in [5.74, 6) is -0.478. The van der Waals surface area contributed by atoms with E-state index in [-0.39, 0.29) is 5.69 Å². The third-order valence-corrected chi connectivity index (χ3v) is 1.59. The number of methoxy groups -OCH3 is 1. The number of ether oxygens (including phenoxy) is 1. The number of H-pyrrole nitrogens is 1. The number of hydrogen-bond acceptors (Lipinski definition) is 4. The highest BCUT2D eigenvalue weighted by atomic mass is 16.5. The zero-order valence-corrected chi connectivity index (χ0v) is 7.69. The van der Waals surface area contributed by atoms with E-state index in [9.17, 15) is 9.59 Å². The van der Waals surface area contributed by atoms with Crippen molar-refractivity contribution in [3.05, 3.63) is 23.5 Å². The number of nitrogens with one attached hydrogen (secondary N) is 1. The molecular formula is C9H10N2O3. The van der Waals surface area contributed by atoms with E-state index in [1.54, 1.807) is 12.2 Å². The summed E-state index contributed by atoms with van der Waals surface area (Å²) in [4.78, 5) is 21.2. The van der Waals surface area contributed by atoms with Crippen LogP contribution in [0.2, 0.25) is 0 Å². The Balaban J connectivity index is 2.82. The van der Waals surface area contributed by atoms with Gasteiger partial charge in [0.2, 0.25) is 0 Å². The van der Waals surface area contributed by atoms with E-state index >= 15 is 0 Å². The normalized spacial score (nSPS) is 10.4. The smallest absolute Gasteiger partial charge is 0.356 e. The second kappa shape index (κ2) is 4.96. The van der Waals surface area contributed by atoms with Gasteiger partial charge in [0, 0.05) is 12.0 Å². The second-order valence-electron chi connectivity index (χ2n) is 2.50. The lowest BCUT2D eigenvalue weighted by atomic mass is 10.2. The number of allylic oxidation sites excluding steroid dienone is 1.